The van der Waals surface area contributed by atoms with Crippen molar-refractivity contribution in [3.8, 4) is 0 Å². The monoisotopic (exact) mass is 289 g/mol. The first-order chi connectivity index (χ1) is 8.38. The van der Waals surface area contributed by atoms with Gasteiger partial charge in [0.15, 0.2) is 15.7 Å². The third kappa shape index (κ3) is 2.77. The molecule has 2 rings (SSSR count). The lowest BCUT2D eigenvalue weighted by molar-refractivity contribution is 0.486. The average molecular weight is 289 g/mol. The number of sulfone groups is 1. The number of nitrogens with two attached hydrogens (primary N) is 1. The smallest absolute Gasteiger partial charge is 0.182 e. The van der Waals surface area contributed by atoms with Gasteiger partial charge in [-0.2, -0.15) is 4.37 Å². The largest absolute Gasteiger partial charge is 0.382 e. The van der Waals surface area contributed by atoms with Gasteiger partial charge >= 0.3 is 0 Å². The second-order valence-corrected chi connectivity index (χ2v) is 7.83. The second kappa shape index (κ2) is 4.70. The van der Waals surface area contributed by atoms with Gasteiger partial charge in [0, 0.05) is 12.8 Å². The van der Waals surface area contributed by atoms with Crippen molar-refractivity contribution in [1.29, 1.82) is 0 Å². The van der Waals surface area contributed by atoms with Crippen LogP contribution in [0.3, 0.4) is 0 Å². The predicted molar refractivity (Wildman–Crippen MR) is 74.7 cm³/mol. The summed E-state index contributed by atoms with van der Waals surface area (Å²) in [6, 6.07) is 0. The summed E-state index contributed by atoms with van der Waals surface area (Å²) in [4.78, 5) is 0.153. The molecule has 0 saturated heterocycles. The molecule has 1 fully saturated rings. The Morgan fingerprint density at radius 3 is 2.67 bits per heavy atom. The van der Waals surface area contributed by atoms with Crippen LogP contribution in [0.1, 0.15) is 32.6 Å². The first-order valence-corrected chi connectivity index (χ1v) is 8.73. The molecule has 3 N–H and O–H groups in total. The van der Waals surface area contributed by atoms with Crippen LogP contribution in [0.25, 0.3) is 0 Å². The Labute approximate surface area is 112 Å². The highest BCUT2D eigenvalue weighted by Crippen LogP contribution is 2.50. The van der Waals surface area contributed by atoms with Crippen LogP contribution in [0.5, 0.6) is 0 Å². The minimum atomic E-state index is -3.32. The van der Waals surface area contributed by atoms with E-state index < -0.39 is 9.84 Å². The molecule has 18 heavy (non-hydrogen) atoms. The van der Waals surface area contributed by atoms with E-state index in [1.807, 2.05) is 0 Å². The molecular weight excluding hydrogens is 270 g/mol. The number of hydrogen-bond acceptors (Lipinski definition) is 6. The summed E-state index contributed by atoms with van der Waals surface area (Å²) in [5.74, 6) is 0.102. The number of anilines is 2. The number of nitrogens with zero attached hydrogens (tertiary/aromatic N) is 1. The van der Waals surface area contributed by atoms with Crippen LogP contribution < -0.4 is 11.1 Å². The fourth-order valence-corrected chi connectivity index (χ4v) is 4.32. The molecule has 5 nitrogen and oxygen atoms in total. The first kappa shape index (κ1) is 13.6. The molecule has 0 unspecified atom stereocenters. The quantitative estimate of drug-likeness (QED) is 0.838. The van der Waals surface area contributed by atoms with Gasteiger partial charge in [-0.1, -0.05) is 13.3 Å². The lowest BCUT2D eigenvalue weighted by Crippen LogP contribution is -2.16. The van der Waals surface area contributed by atoms with Gasteiger partial charge in [-0.15, -0.1) is 0 Å². The second-order valence-electron chi connectivity index (χ2n) is 5.10. The first-order valence-electron chi connectivity index (χ1n) is 6.07. The van der Waals surface area contributed by atoms with Crippen LogP contribution in [0.15, 0.2) is 4.90 Å². The van der Waals surface area contributed by atoms with E-state index in [4.69, 9.17) is 5.73 Å². The van der Waals surface area contributed by atoms with Crippen LogP contribution in [-0.4, -0.2) is 25.6 Å². The van der Waals surface area contributed by atoms with Crippen molar-refractivity contribution in [2.45, 2.75) is 37.5 Å². The molecule has 7 heteroatoms. The maximum atomic E-state index is 11.6. The Morgan fingerprint density at radius 2 is 2.17 bits per heavy atom. The Morgan fingerprint density at radius 1 is 1.50 bits per heavy atom. The van der Waals surface area contributed by atoms with Gasteiger partial charge in [0.2, 0.25) is 0 Å². The van der Waals surface area contributed by atoms with Gasteiger partial charge in [-0.3, -0.25) is 0 Å². The standard InChI is InChI=1S/C11H19N3O2S2/c1-3-4-11(5-6-11)7-13-10-8(18(2,15)16)9(12)14-17-10/h13H,3-7H2,1-2H3,(H2,12,14). The van der Waals surface area contributed by atoms with Gasteiger partial charge in [0.1, 0.15) is 9.90 Å². The summed E-state index contributed by atoms with van der Waals surface area (Å²) < 4.78 is 27.2. The summed E-state index contributed by atoms with van der Waals surface area (Å²) in [5.41, 5.74) is 5.98. The van der Waals surface area contributed by atoms with Gasteiger partial charge < -0.3 is 11.1 Å². The van der Waals surface area contributed by atoms with E-state index in [9.17, 15) is 8.42 Å². The van der Waals surface area contributed by atoms with Crippen LogP contribution >= 0.6 is 11.5 Å². The number of rotatable bonds is 6. The van der Waals surface area contributed by atoms with Crippen LogP contribution in [0.4, 0.5) is 10.8 Å². The third-order valence-electron chi connectivity index (χ3n) is 3.41. The number of nitrogen functional groups attached to an aromatic ring is 1. The predicted octanol–water partition coefficient (Wildman–Crippen LogP) is 2.12. The topological polar surface area (TPSA) is 85.1 Å². The normalized spacial score (nSPS) is 17.7. The molecule has 1 aliphatic carbocycles. The minimum absolute atomic E-state index is 0.102. The fourth-order valence-electron chi connectivity index (χ4n) is 2.25. The molecule has 0 aliphatic heterocycles. The molecule has 1 aliphatic rings. The molecule has 1 aromatic heterocycles. The summed E-state index contributed by atoms with van der Waals surface area (Å²) in [6.45, 7) is 2.98. The highest BCUT2D eigenvalue weighted by molar-refractivity contribution is 7.91. The Balaban J connectivity index is 2.11. The van der Waals surface area contributed by atoms with Crippen molar-refractivity contribution >= 4 is 32.2 Å². The Hall–Kier alpha value is -0.820. The SMILES string of the molecule is CCCC1(CNc2snc(N)c2S(C)(=O)=O)CC1. The zero-order chi connectivity index (χ0) is 13.4. The van der Waals surface area contributed by atoms with Crippen molar-refractivity contribution in [2.24, 2.45) is 5.41 Å². The highest BCUT2D eigenvalue weighted by atomic mass is 32.2. The van der Waals surface area contributed by atoms with Crippen LogP contribution in [-0.2, 0) is 9.84 Å². The van der Waals surface area contributed by atoms with Crippen molar-refractivity contribution in [3.63, 3.8) is 0 Å². The number of nitrogens with one attached hydrogen (secondary N) is 1. The molecule has 0 aromatic carbocycles. The fraction of sp³-hybridized carbons (Fsp3) is 0.727. The maximum Gasteiger partial charge on any atom is 0.182 e. The summed E-state index contributed by atoms with van der Waals surface area (Å²) >= 11 is 1.12. The van der Waals surface area contributed by atoms with Crippen molar-refractivity contribution in [1.82, 2.24) is 4.37 Å². The van der Waals surface area contributed by atoms with Crippen molar-refractivity contribution in [2.75, 3.05) is 23.9 Å². The Kier molecular flexibility index (Phi) is 3.55. The molecule has 1 aromatic rings. The number of aromatic nitrogens is 1. The lowest BCUT2D eigenvalue weighted by Gasteiger charge is -2.15. The van der Waals surface area contributed by atoms with Crippen LogP contribution in [0, 0.1) is 5.41 Å². The van der Waals surface area contributed by atoms with Gasteiger partial charge in [-0.25, -0.2) is 8.42 Å². The van der Waals surface area contributed by atoms with Gasteiger partial charge in [0.25, 0.3) is 0 Å². The Bertz CT molecular complexity index is 532. The lowest BCUT2D eigenvalue weighted by atomic mass is 10.0. The highest BCUT2D eigenvalue weighted by Gasteiger charge is 2.41. The molecule has 0 atom stereocenters. The van der Waals surface area contributed by atoms with E-state index in [0.717, 1.165) is 30.8 Å². The molecule has 1 heterocycles. The molecule has 0 amide bonds. The van der Waals surface area contributed by atoms with E-state index in [-0.39, 0.29) is 10.7 Å². The van der Waals surface area contributed by atoms with Crippen molar-refractivity contribution in [3.05, 3.63) is 0 Å². The molecule has 0 spiro atoms. The molecular formula is C11H19N3O2S2. The summed E-state index contributed by atoms with van der Waals surface area (Å²) in [7, 11) is -3.32. The van der Waals surface area contributed by atoms with E-state index >= 15 is 0 Å². The molecule has 102 valence electrons. The molecule has 0 bridgehead atoms. The zero-order valence-corrected chi connectivity index (χ0v) is 12.3. The van der Waals surface area contributed by atoms with Gasteiger partial charge in [0.05, 0.1) is 0 Å². The maximum absolute atomic E-state index is 11.6. The minimum Gasteiger partial charge on any atom is -0.382 e. The van der Waals surface area contributed by atoms with Crippen LogP contribution in [0.2, 0.25) is 0 Å². The van der Waals surface area contributed by atoms with Crippen molar-refractivity contribution < 1.29 is 8.42 Å². The summed E-state index contributed by atoms with van der Waals surface area (Å²) in [6.07, 6.45) is 5.94. The van der Waals surface area contributed by atoms with E-state index in [1.54, 1.807) is 0 Å². The average Bonchev–Trinajstić information content (AvgIpc) is 2.91. The summed E-state index contributed by atoms with van der Waals surface area (Å²) in [5, 5.41) is 3.81. The number of hydrogen-bond donors (Lipinski definition) is 2. The van der Waals surface area contributed by atoms with E-state index in [1.165, 1.54) is 19.3 Å². The molecule has 1 saturated carbocycles. The van der Waals surface area contributed by atoms with E-state index in [0.29, 0.717) is 10.4 Å². The zero-order valence-electron chi connectivity index (χ0n) is 10.7. The third-order valence-corrected chi connectivity index (χ3v) is 5.51. The molecule has 0 radical (unpaired) electrons. The van der Waals surface area contributed by atoms with E-state index in [2.05, 4.69) is 16.6 Å². The van der Waals surface area contributed by atoms with Gasteiger partial charge in [-0.05, 0) is 36.2 Å².